The Hall–Kier alpha value is -4.40. The Morgan fingerprint density at radius 2 is 1.86 bits per heavy atom. The summed E-state index contributed by atoms with van der Waals surface area (Å²) < 4.78 is 10.7. The molecule has 2 aromatic carbocycles. The zero-order valence-electron chi connectivity index (χ0n) is 19.5. The number of methoxy groups -OCH3 is 1. The predicted molar refractivity (Wildman–Crippen MR) is 130 cm³/mol. The number of imide groups is 1. The van der Waals surface area contributed by atoms with Crippen molar-refractivity contribution in [3.63, 3.8) is 0 Å². The molecule has 3 aromatic rings. The number of carbonyl (C=O) groups is 3. The number of rotatable bonds is 9. The van der Waals surface area contributed by atoms with Gasteiger partial charge in [-0.2, -0.15) is 0 Å². The van der Waals surface area contributed by atoms with Crippen LogP contribution in [0.4, 0.5) is 16.2 Å². The second-order valence-electron chi connectivity index (χ2n) is 7.87. The monoisotopic (exact) mass is 474 g/mol. The molecule has 1 atom stereocenters. The summed E-state index contributed by atoms with van der Waals surface area (Å²) in [5, 5.41) is 2.80. The summed E-state index contributed by atoms with van der Waals surface area (Å²) in [6, 6.07) is 15.7. The van der Waals surface area contributed by atoms with Crippen LogP contribution in [0.25, 0.3) is 0 Å². The number of aromatic nitrogens is 1. The lowest BCUT2D eigenvalue weighted by Gasteiger charge is -2.21. The Morgan fingerprint density at radius 1 is 1.06 bits per heavy atom. The Labute approximate surface area is 203 Å². The minimum atomic E-state index is -0.975. The Morgan fingerprint density at radius 3 is 2.54 bits per heavy atom. The Balaban J connectivity index is 1.56. The minimum Gasteiger partial charge on any atom is -0.497 e. The van der Waals surface area contributed by atoms with Gasteiger partial charge in [-0.1, -0.05) is 12.1 Å². The highest BCUT2D eigenvalue weighted by atomic mass is 16.5. The van der Waals surface area contributed by atoms with Crippen LogP contribution in [-0.2, 0) is 16.1 Å². The molecular weight excluding hydrogens is 448 g/mol. The number of hydrogen-bond donors (Lipinski definition) is 1. The van der Waals surface area contributed by atoms with Crippen molar-refractivity contribution < 1.29 is 23.9 Å². The first-order chi connectivity index (χ1) is 17.0. The zero-order valence-corrected chi connectivity index (χ0v) is 19.5. The van der Waals surface area contributed by atoms with Crippen molar-refractivity contribution in [2.24, 2.45) is 0 Å². The molecule has 0 saturated carbocycles. The summed E-state index contributed by atoms with van der Waals surface area (Å²) in [6.07, 6.45) is 3.06. The number of urea groups is 1. The van der Waals surface area contributed by atoms with Crippen molar-refractivity contribution in [2.75, 3.05) is 23.9 Å². The van der Waals surface area contributed by atoms with E-state index in [0.29, 0.717) is 29.5 Å². The second-order valence-corrected chi connectivity index (χ2v) is 7.87. The van der Waals surface area contributed by atoms with E-state index < -0.39 is 18.0 Å². The number of amides is 4. The third-order valence-corrected chi connectivity index (χ3v) is 5.53. The van der Waals surface area contributed by atoms with E-state index in [2.05, 4.69) is 10.3 Å². The molecule has 1 aliphatic heterocycles. The molecule has 0 aliphatic carbocycles. The number of anilines is 2. The standard InChI is InChI=1S/C26H26N4O5/c1-3-35-21-11-9-19(10-12-21)28-24(31)15-23-25(32)30(20-7-4-8-22(14-20)34-2)26(33)29(23)17-18-6-5-13-27-16-18/h4-14,16,23H,3,15,17H2,1-2H3,(H,28,31). The van der Waals surface area contributed by atoms with Crippen molar-refractivity contribution in [1.29, 1.82) is 0 Å². The summed E-state index contributed by atoms with van der Waals surface area (Å²) in [5.41, 5.74) is 1.70. The molecule has 1 unspecified atom stereocenters. The fourth-order valence-corrected chi connectivity index (χ4v) is 3.88. The molecule has 1 aromatic heterocycles. The van der Waals surface area contributed by atoms with Crippen LogP contribution >= 0.6 is 0 Å². The molecule has 1 fully saturated rings. The van der Waals surface area contributed by atoms with E-state index in [1.807, 2.05) is 13.0 Å². The first-order valence-electron chi connectivity index (χ1n) is 11.2. The quantitative estimate of drug-likeness (QED) is 0.473. The van der Waals surface area contributed by atoms with Crippen LogP contribution in [0.2, 0.25) is 0 Å². The van der Waals surface area contributed by atoms with Crippen LogP contribution < -0.4 is 19.7 Å². The Bertz CT molecular complexity index is 1200. The summed E-state index contributed by atoms with van der Waals surface area (Å²) in [6.45, 7) is 2.57. The first kappa shape index (κ1) is 23.7. The molecule has 9 nitrogen and oxygen atoms in total. The maximum atomic E-state index is 13.4. The number of hydrogen-bond acceptors (Lipinski definition) is 6. The van der Waals surface area contributed by atoms with Crippen LogP contribution in [-0.4, -0.2) is 47.5 Å². The molecule has 180 valence electrons. The topological polar surface area (TPSA) is 101 Å². The van der Waals surface area contributed by atoms with Gasteiger partial charge in [-0.25, -0.2) is 9.69 Å². The summed E-state index contributed by atoms with van der Waals surface area (Å²) in [7, 11) is 1.51. The van der Waals surface area contributed by atoms with Gasteiger partial charge in [0.15, 0.2) is 0 Å². The molecule has 0 spiro atoms. The van der Waals surface area contributed by atoms with Crippen LogP contribution in [0.1, 0.15) is 18.9 Å². The molecule has 4 rings (SSSR count). The molecule has 35 heavy (non-hydrogen) atoms. The van der Waals surface area contributed by atoms with Crippen LogP contribution in [0.3, 0.4) is 0 Å². The third kappa shape index (κ3) is 5.40. The SMILES string of the molecule is CCOc1ccc(NC(=O)CC2C(=O)N(c3cccc(OC)c3)C(=O)N2Cc2cccnc2)cc1. The highest BCUT2D eigenvalue weighted by Gasteiger charge is 2.46. The van der Waals surface area contributed by atoms with E-state index in [4.69, 9.17) is 9.47 Å². The maximum Gasteiger partial charge on any atom is 0.332 e. The van der Waals surface area contributed by atoms with Crippen molar-refractivity contribution in [3.8, 4) is 11.5 Å². The van der Waals surface area contributed by atoms with Crippen molar-refractivity contribution in [2.45, 2.75) is 25.9 Å². The molecule has 1 N–H and O–H groups in total. The van der Waals surface area contributed by atoms with Crippen LogP contribution in [0.5, 0.6) is 11.5 Å². The molecular formula is C26H26N4O5. The average Bonchev–Trinajstić information content (AvgIpc) is 3.10. The van der Waals surface area contributed by atoms with E-state index in [1.165, 1.54) is 12.0 Å². The molecule has 9 heteroatoms. The predicted octanol–water partition coefficient (Wildman–Crippen LogP) is 3.86. The molecule has 0 bridgehead atoms. The third-order valence-electron chi connectivity index (χ3n) is 5.53. The Kier molecular flexibility index (Phi) is 7.25. The molecule has 0 radical (unpaired) electrons. The zero-order chi connectivity index (χ0) is 24.8. The molecule has 1 aliphatic rings. The lowest BCUT2D eigenvalue weighted by Crippen LogP contribution is -2.37. The second kappa shape index (κ2) is 10.7. The fraction of sp³-hybridized carbons (Fsp3) is 0.231. The van der Waals surface area contributed by atoms with E-state index in [0.717, 1.165) is 10.5 Å². The van der Waals surface area contributed by atoms with Gasteiger partial charge in [0, 0.05) is 30.7 Å². The van der Waals surface area contributed by atoms with Gasteiger partial charge >= 0.3 is 6.03 Å². The summed E-state index contributed by atoms with van der Waals surface area (Å²) in [4.78, 5) is 46.3. The van der Waals surface area contributed by atoms with Gasteiger partial charge in [-0.05, 0) is 55.0 Å². The highest BCUT2D eigenvalue weighted by Crippen LogP contribution is 2.30. The van der Waals surface area contributed by atoms with E-state index in [9.17, 15) is 14.4 Å². The number of nitrogens with one attached hydrogen (secondary N) is 1. The average molecular weight is 475 g/mol. The number of ether oxygens (including phenoxy) is 2. The fourth-order valence-electron chi connectivity index (χ4n) is 3.88. The molecule has 1 saturated heterocycles. The largest absolute Gasteiger partial charge is 0.497 e. The summed E-state index contributed by atoms with van der Waals surface area (Å²) in [5.74, 6) is 0.343. The van der Waals surface area contributed by atoms with E-state index >= 15 is 0 Å². The van der Waals surface area contributed by atoms with Gasteiger partial charge in [0.05, 0.1) is 25.8 Å². The van der Waals surface area contributed by atoms with Gasteiger partial charge in [0.1, 0.15) is 17.5 Å². The number of benzene rings is 2. The van der Waals surface area contributed by atoms with Crippen LogP contribution in [0, 0.1) is 0 Å². The van der Waals surface area contributed by atoms with Gasteiger partial charge < -0.3 is 19.7 Å². The minimum absolute atomic E-state index is 0.139. The highest BCUT2D eigenvalue weighted by molar-refractivity contribution is 6.22. The normalized spacial score (nSPS) is 15.3. The van der Waals surface area contributed by atoms with E-state index in [-0.39, 0.29) is 18.9 Å². The van der Waals surface area contributed by atoms with Crippen molar-refractivity contribution in [1.82, 2.24) is 9.88 Å². The smallest absolute Gasteiger partial charge is 0.332 e. The maximum absolute atomic E-state index is 13.4. The van der Waals surface area contributed by atoms with Crippen LogP contribution in [0.15, 0.2) is 73.1 Å². The number of carbonyl (C=O) groups excluding carboxylic acids is 3. The van der Waals surface area contributed by atoms with Crippen molar-refractivity contribution >= 4 is 29.2 Å². The molecule has 4 amide bonds. The molecule has 2 heterocycles. The number of pyridine rings is 1. The number of nitrogens with zero attached hydrogens (tertiary/aromatic N) is 3. The van der Waals surface area contributed by atoms with Gasteiger partial charge in [0.25, 0.3) is 5.91 Å². The van der Waals surface area contributed by atoms with Gasteiger partial charge in [-0.15, -0.1) is 0 Å². The summed E-state index contributed by atoms with van der Waals surface area (Å²) >= 11 is 0. The lowest BCUT2D eigenvalue weighted by atomic mass is 10.1. The lowest BCUT2D eigenvalue weighted by molar-refractivity contribution is -0.124. The van der Waals surface area contributed by atoms with Gasteiger partial charge in [0.2, 0.25) is 5.91 Å². The first-order valence-corrected chi connectivity index (χ1v) is 11.2. The van der Waals surface area contributed by atoms with E-state index in [1.54, 1.807) is 67.0 Å². The van der Waals surface area contributed by atoms with Gasteiger partial charge in [-0.3, -0.25) is 14.6 Å². The van der Waals surface area contributed by atoms with Crippen molar-refractivity contribution in [3.05, 3.63) is 78.6 Å².